The van der Waals surface area contributed by atoms with Crippen LogP contribution in [0.5, 0.6) is 0 Å². The van der Waals surface area contributed by atoms with Crippen LogP contribution in [0.25, 0.3) is 11.1 Å². The van der Waals surface area contributed by atoms with Gasteiger partial charge >= 0.3 is 0 Å². The van der Waals surface area contributed by atoms with Gasteiger partial charge in [-0.25, -0.2) is 14.4 Å². The SMILES string of the molecule is Cc1cc(-c2ccccc2)c(C(=O)C(=O)Nc2ccc3c(c2)C(F)(F)C2CN(c4ncc(F)cn4)CCN32)n1C. The van der Waals surface area contributed by atoms with Crippen LogP contribution in [-0.4, -0.2) is 51.9 Å². The molecule has 2 aromatic carbocycles. The van der Waals surface area contributed by atoms with Crippen LogP contribution in [0, 0.1) is 12.7 Å². The quantitative estimate of drug-likeness (QED) is 0.292. The van der Waals surface area contributed by atoms with E-state index in [1.54, 1.807) is 21.4 Å². The number of amides is 1. The summed E-state index contributed by atoms with van der Waals surface area (Å²) < 4.78 is 46.3. The van der Waals surface area contributed by atoms with E-state index < -0.39 is 29.5 Å². The summed E-state index contributed by atoms with van der Waals surface area (Å²) in [5.74, 6) is -5.36. The van der Waals surface area contributed by atoms with E-state index >= 15 is 8.78 Å². The molecule has 2 aliphatic rings. The minimum Gasteiger partial charge on any atom is -0.358 e. The van der Waals surface area contributed by atoms with E-state index in [9.17, 15) is 14.0 Å². The Morgan fingerprint density at radius 1 is 1.02 bits per heavy atom. The van der Waals surface area contributed by atoms with Gasteiger partial charge in [0.15, 0.2) is 5.82 Å². The van der Waals surface area contributed by atoms with Gasteiger partial charge < -0.3 is 19.7 Å². The van der Waals surface area contributed by atoms with Crippen molar-refractivity contribution >= 4 is 29.0 Å². The predicted octanol–water partition coefficient (Wildman–Crippen LogP) is 4.55. The Morgan fingerprint density at radius 2 is 1.75 bits per heavy atom. The Kier molecular flexibility index (Phi) is 6.09. The van der Waals surface area contributed by atoms with Gasteiger partial charge in [-0.1, -0.05) is 30.3 Å². The van der Waals surface area contributed by atoms with E-state index in [1.807, 2.05) is 43.3 Å². The number of hydrogen-bond donors (Lipinski definition) is 1. The molecule has 0 spiro atoms. The topological polar surface area (TPSA) is 83.4 Å². The maximum Gasteiger partial charge on any atom is 0.298 e. The van der Waals surface area contributed by atoms with Crippen molar-refractivity contribution in [1.29, 1.82) is 0 Å². The lowest BCUT2D eigenvalue weighted by Gasteiger charge is -2.40. The lowest BCUT2D eigenvalue weighted by atomic mass is 10.0. The van der Waals surface area contributed by atoms with Crippen molar-refractivity contribution in [3.05, 3.63) is 89.8 Å². The highest BCUT2D eigenvalue weighted by molar-refractivity contribution is 6.47. The molecule has 0 radical (unpaired) electrons. The van der Waals surface area contributed by atoms with Gasteiger partial charge in [-0.05, 0) is 36.8 Å². The molecule has 1 atom stereocenters. The average Bonchev–Trinajstić information content (AvgIpc) is 3.38. The molecule has 2 aromatic heterocycles. The van der Waals surface area contributed by atoms with Gasteiger partial charge in [-0.2, -0.15) is 8.78 Å². The zero-order valence-electron chi connectivity index (χ0n) is 21.7. The van der Waals surface area contributed by atoms with Crippen molar-refractivity contribution in [2.75, 3.05) is 34.8 Å². The zero-order chi connectivity index (χ0) is 28.2. The Morgan fingerprint density at radius 3 is 2.48 bits per heavy atom. The predicted molar refractivity (Wildman–Crippen MR) is 144 cm³/mol. The number of halogens is 3. The van der Waals surface area contributed by atoms with E-state index in [-0.39, 0.29) is 36.0 Å². The summed E-state index contributed by atoms with van der Waals surface area (Å²) in [7, 11) is 1.70. The zero-order valence-corrected chi connectivity index (χ0v) is 21.7. The summed E-state index contributed by atoms with van der Waals surface area (Å²) in [5.41, 5.74) is 2.65. The van der Waals surface area contributed by atoms with Crippen LogP contribution >= 0.6 is 0 Å². The van der Waals surface area contributed by atoms with Gasteiger partial charge in [0.25, 0.3) is 17.6 Å². The molecule has 204 valence electrons. The molecule has 1 N–H and O–H groups in total. The maximum absolute atomic E-state index is 15.7. The lowest BCUT2D eigenvalue weighted by Crippen LogP contribution is -2.56. The first-order valence-electron chi connectivity index (χ1n) is 12.7. The van der Waals surface area contributed by atoms with E-state index in [0.717, 1.165) is 23.7 Å². The lowest BCUT2D eigenvalue weighted by molar-refractivity contribution is -0.112. The van der Waals surface area contributed by atoms with Crippen LogP contribution < -0.4 is 15.1 Å². The van der Waals surface area contributed by atoms with Crippen LogP contribution in [0.15, 0.2) is 67.0 Å². The smallest absolute Gasteiger partial charge is 0.298 e. The van der Waals surface area contributed by atoms with Gasteiger partial charge in [0.1, 0.15) is 11.7 Å². The number of nitrogens with zero attached hydrogens (tertiary/aromatic N) is 5. The molecule has 8 nitrogen and oxygen atoms in total. The van der Waals surface area contributed by atoms with Crippen LogP contribution in [0.3, 0.4) is 0 Å². The number of anilines is 3. The second-order valence-electron chi connectivity index (χ2n) is 9.97. The summed E-state index contributed by atoms with van der Waals surface area (Å²) in [6.45, 7) is 2.43. The number of alkyl halides is 2. The van der Waals surface area contributed by atoms with Crippen molar-refractivity contribution in [3.63, 3.8) is 0 Å². The Balaban J connectivity index is 1.24. The minimum atomic E-state index is -3.26. The first-order chi connectivity index (χ1) is 19.1. The standard InChI is InChI=1S/C29H25F3N6O2/c1-17-12-21(18-6-4-3-5-7-18)25(36(17)2)26(39)27(40)35-20-8-9-23-22(13-20)29(31,32)24-16-37(10-11-38(23)24)28-33-14-19(30)15-34-28/h3-9,12-15,24H,10-11,16H2,1-2H3,(H,35,40). The molecule has 0 bridgehead atoms. The van der Waals surface area contributed by atoms with Gasteiger partial charge in [0, 0.05) is 54.9 Å². The third-order valence-electron chi connectivity index (χ3n) is 7.59. The second kappa shape index (κ2) is 9.51. The Bertz CT molecular complexity index is 1620. The van der Waals surface area contributed by atoms with Crippen molar-refractivity contribution < 1.29 is 22.8 Å². The molecule has 6 rings (SSSR count). The third kappa shape index (κ3) is 4.18. The fourth-order valence-electron chi connectivity index (χ4n) is 5.48. The second-order valence-corrected chi connectivity index (χ2v) is 9.97. The molecule has 1 amide bonds. The molecule has 4 heterocycles. The molecule has 1 unspecified atom stereocenters. The molecule has 1 saturated heterocycles. The van der Waals surface area contributed by atoms with Crippen LogP contribution in [-0.2, 0) is 17.8 Å². The summed E-state index contributed by atoms with van der Waals surface area (Å²) in [4.78, 5) is 37.5. The summed E-state index contributed by atoms with van der Waals surface area (Å²) in [5, 5.41) is 2.52. The number of carbonyl (C=O) groups excluding carboxylic acids is 2. The summed E-state index contributed by atoms with van der Waals surface area (Å²) in [6, 6.07) is 14.2. The van der Waals surface area contributed by atoms with E-state index in [4.69, 9.17) is 0 Å². The number of ketones is 1. The fourth-order valence-corrected chi connectivity index (χ4v) is 5.48. The molecular formula is C29H25F3N6O2. The normalized spacial score (nSPS) is 17.4. The summed E-state index contributed by atoms with van der Waals surface area (Å²) >= 11 is 0. The maximum atomic E-state index is 15.7. The summed E-state index contributed by atoms with van der Waals surface area (Å²) in [6.07, 6.45) is 2.01. The molecule has 4 aromatic rings. The number of piperazine rings is 1. The number of carbonyl (C=O) groups is 2. The average molecular weight is 547 g/mol. The largest absolute Gasteiger partial charge is 0.358 e. The number of benzene rings is 2. The highest BCUT2D eigenvalue weighted by Gasteiger charge is 2.55. The van der Waals surface area contributed by atoms with E-state index in [0.29, 0.717) is 17.8 Å². The van der Waals surface area contributed by atoms with Crippen LogP contribution in [0.1, 0.15) is 21.7 Å². The molecule has 40 heavy (non-hydrogen) atoms. The Labute approximate surface area is 228 Å². The first-order valence-corrected chi connectivity index (χ1v) is 12.7. The first kappa shape index (κ1) is 25.6. The van der Waals surface area contributed by atoms with E-state index in [2.05, 4.69) is 15.3 Å². The monoisotopic (exact) mass is 546 g/mol. The molecule has 11 heteroatoms. The minimum absolute atomic E-state index is 0.0669. The van der Waals surface area contributed by atoms with Crippen molar-refractivity contribution in [2.45, 2.75) is 18.9 Å². The number of aryl methyl sites for hydroxylation is 1. The number of nitrogens with one attached hydrogen (secondary N) is 1. The molecule has 0 aliphatic carbocycles. The molecule has 1 fully saturated rings. The number of rotatable bonds is 5. The fraction of sp³-hybridized carbons (Fsp3) is 0.241. The number of Topliss-reactive ketones (excluding diaryl/α,β-unsaturated/α-hetero) is 1. The van der Waals surface area contributed by atoms with Gasteiger partial charge in [0.2, 0.25) is 5.95 Å². The third-order valence-corrected chi connectivity index (χ3v) is 7.59. The van der Waals surface area contributed by atoms with Crippen LogP contribution in [0.2, 0.25) is 0 Å². The van der Waals surface area contributed by atoms with Crippen LogP contribution in [0.4, 0.5) is 30.5 Å². The van der Waals surface area contributed by atoms with Crippen molar-refractivity contribution in [3.8, 4) is 11.1 Å². The molecular weight excluding hydrogens is 521 g/mol. The van der Waals surface area contributed by atoms with Crippen molar-refractivity contribution in [1.82, 2.24) is 14.5 Å². The number of aromatic nitrogens is 3. The highest BCUT2D eigenvalue weighted by Crippen LogP contribution is 2.50. The van der Waals surface area contributed by atoms with Gasteiger partial charge in [-0.15, -0.1) is 0 Å². The highest BCUT2D eigenvalue weighted by atomic mass is 19.3. The van der Waals surface area contributed by atoms with Gasteiger partial charge in [0.05, 0.1) is 12.4 Å². The Hall–Kier alpha value is -4.67. The van der Waals surface area contributed by atoms with Crippen molar-refractivity contribution in [2.24, 2.45) is 7.05 Å². The molecule has 2 aliphatic heterocycles. The van der Waals surface area contributed by atoms with E-state index in [1.165, 1.54) is 18.2 Å². The van der Waals surface area contributed by atoms with Gasteiger partial charge in [-0.3, -0.25) is 9.59 Å². The number of hydrogen-bond acceptors (Lipinski definition) is 6. The number of fused-ring (bicyclic) bond motifs is 3. The molecule has 0 saturated carbocycles.